The summed E-state index contributed by atoms with van der Waals surface area (Å²) in [5.41, 5.74) is 7.09. The molecule has 7 nitrogen and oxygen atoms in total. The molecule has 6 rings (SSSR count). The standard InChI is InChI=1S/C25H25N5O2/c1-29-9-11-30(12-10-29)25(31)17-4-2-16(3-5-17)24-20-15-32-13-8-18(20)23-19-14-26-28-21(19)6-7-22(23)27-24/h2-7,14H,8-13,15H2,1H3,(H,26,28). The van der Waals surface area contributed by atoms with Gasteiger partial charge in [0.25, 0.3) is 5.91 Å². The van der Waals surface area contributed by atoms with Gasteiger partial charge in [-0.15, -0.1) is 0 Å². The lowest BCUT2D eigenvalue weighted by atomic mass is 9.92. The van der Waals surface area contributed by atoms with E-state index >= 15 is 0 Å². The number of piperazine rings is 1. The minimum Gasteiger partial charge on any atom is -0.376 e. The van der Waals surface area contributed by atoms with E-state index in [-0.39, 0.29) is 5.91 Å². The van der Waals surface area contributed by atoms with Gasteiger partial charge in [0.05, 0.1) is 36.1 Å². The van der Waals surface area contributed by atoms with Crippen LogP contribution in [0.1, 0.15) is 21.5 Å². The molecule has 0 saturated carbocycles. The molecule has 32 heavy (non-hydrogen) atoms. The third-order valence-corrected chi connectivity index (χ3v) is 6.72. The number of nitrogens with zero attached hydrogens (tertiary/aromatic N) is 4. The third kappa shape index (κ3) is 3.16. The fraction of sp³-hybridized carbons (Fsp3) is 0.320. The Hall–Kier alpha value is -3.29. The van der Waals surface area contributed by atoms with Crippen molar-refractivity contribution < 1.29 is 9.53 Å². The third-order valence-electron chi connectivity index (χ3n) is 6.72. The van der Waals surface area contributed by atoms with Crippen molar-refractivity contribution in [2.24, 2.45) is 0 Å². The number of pyridine rings is 1. The molecule has 2 aromatic heterocycles. The monoisotopic (exact) mass is 427 g/mol. The highest BCUT2D eigenvalue weighted by Gasteiger charge is 2.23. The molecular formula is C25H25N5O2. The molecule has 0 unspecified atom stereocenters. The van der Waals surface area contributed by atoms with E-state index in [1.54, 1.807) is 0 Å². The molecule has 0 bridgehead atoms. The molecule has 1 saturated heterocycles. The van der Waals surface area contributed by atoms with Crippen molar-refractivity contribution in [1.29, 1.82) is 0 Å². The van der Waals surface area contributed by atoms with Gasteiger partial charge in [-0.1, -0.05) is 12.1 Å². The quantitative estimate of drug-likeness (QED) is 0.532. The Bertz CT molecular complexity index is 1320. The molecule has 4 heterocycles. The Morgan fingerprint density at radius 2 is 1.84 bits per heavy atom. The molecule has 0 radical (unpaired) electrons. The van der Waals surface area contributed by atoms with Gasteiger partial charge in [0.15, 0.2) is 0 Å². The lowest BCUT2D eigenvalue weighted by molar-refractivity contribution is 0.0664. The highest BCUT2D eigenvalue weighted by atomic mass is 16.5. The molecule has 4 aromatic rings. The Morgan fingerprint density at radius 1 is 1.03 bits per heavy atom. The maximum atomic E-state index is 12.9. The summed E-state index contributed by atoms with van der Waals surface area (Å²) in [6, 6.07) is 12.0. The Kier molecular flexibility index (Phi) is 4.66. The maximum absolute atomic E-state index is 12.9. The Labute approximate surface area is 186 Å². The van der Waals surface area contributed by atoms with Crippen LogP contribution in [0.3, 0.4) is 0 Å². The van der Waals surface area contributed by atoms with Crippen molar-refractivity contribution in [3.05, 3.63) is 59.3 Å². The van der Waals surface area contributed by atoms with Gasteiger partial charge in [0, 0.05) is 53.6 Å². The molecule has 1 N–H and O–H groups in total. The molecule has 162 valence electrons. The zero-order chi connectivity index (χ0) is 21.7. The summed E-state index contributed by atoms with van der Waals surface area (Å²) in [7, 11) is 2.09. The summed E-state index contributed by atoms with van der Waals surface area (Å²) >= 11 is 0. The van der Waals surface area contributed by atoms with E-state index in [4.69, 9.17) is 9.72 Å². The van der Waals surface area contributed by atoms with Gasteiger partial charge in [-0.25, -0.2) is 4.98 Å². The molecular weight excluding hydrogens is 402 g/mol. The molecule has 1 fully saturated rings. The van der Waals surface area contributed by atoms with E-state index < -0.39 is 0 Å². The first-order valence-corrected chi connectivity index (χ1v) is 11.1. The number of benzene rings is 2. The van der Waals surface area contributed by atoms with Crippen LogP contribution in [0.5, 0.6) is 0 Å². The average molecular weight is 428 g/mol. The first-order chi connectivity index (χ1) is 15.7. The zero-order valence-corrected chi connectivity index (χ0v) is 18.1. The van der Waals surface area contributed by atoms with Crippen molar-refractivity contribution in [2.45, 2.75) is 13.0 Å². The minimum absolute atomic E-state index is 0.101. The van der Waals surface area contributed by atoms with Crippen LogP contribution in [-0.4, -0.2) is 70.7 Å². The summed E-state index contributed by atoms with van der Waals surface area (Å²) in [5.74, 6) is 0.101. The summed E-state index contributed by atoms with van der Waals surface area (Å²) in [6.07, 6.45) is 2.74. The molecule has 2 aliphatic heterocycles. The summed E-state index contributed by atoms with van der Waals surface area (Å²) in [4.78, 5) is 22.2. The van der Waals surface area contributed by atoms with Gasteiger partial charge in [0.2, 0.25) is 0 Å². The molecule has 0 spiro atoms. The smallest absolute Gasteiger partial charge is 0.253 e. The maximum Gasteiger partial charge on any atom is 0.253 e. The van der Waals surface area contributed by atoms with Crippen LogP contribution >= 0.6 is 0 Å². The lowest BCUT2D eigenvalue weighted by Crippen LogP contribution is -2.47. The van der Waals surface area contributed by atoms with Gasteiger partial charge < -0.3 is 14.5 Å². The van der Waals surface area contributed by atoms with Gasteiger partial charge >= 0.3 is 0 Å². The number of carbonyl (C=O) groups is 1. The number of aromatic amines is 1. The number of amides is 1. The summed E-state index contributed by atoms with van der Waals surface area (Å²) in [5, 5.41) is 9.56. The van der Waals surface area contributed by atoms with E-state index in [1.165, 1.54) is 10.9 Å². The second-order valence-corrected chi connectivity index (χ2v) is 8.68. The average Bonchev–Trinajstić information content (AvgIpc) is 3.32. The van der Waals surface area contributed by atoms with Gasteiger partial charge in [-0.3, -0.25) is 9.89 Å². The molecule has 1 amide bonds. The number of hydrogen-bond donors (Lipinski definition) is 1. The van der Waals surface area contributed by atoms with Crippen molar-refractivity contribution in [2.75, 3.05) is 39.8 Å². The highest BCUT2D eigenvalue weighted by molar-refractivity contribution is 6.07. The van der Waals surface area contributed by atoms with Crippen molar-refractivity contribution in [3.8, 4) is 11.3 Å². The van der Waals surface area contributed by atoms with Gasteiger partial charge in [-0.05, 0) is 43.3 Å². The van der Waals surface area contributed by atoms with Crippen LogP contribution in [0.2, 0.25) is 0 Å². The largest absolute Gasteiger partial charge is 0.376 e. The number of ether oxygens (including phenoxy) is 1. The molecule has 2 aliphatic rings. The predicted molar refractivity (Wildman–Crippen MR) is 124 cm³/mol. The van der Waals surface area contributed by atoms with Crippen LogP contribution in [0.15, 0.2) is 42.6 Å². The van der Waals surface area contributed by atoms with E-state index in [0.29, 0.717) is 13.2 Å². The second kappa shape index (κ2) is 7.69. The van der Waals surface area contributed by atoms with Crippen molar-refractivity contribution in [3.63, 3.8) is 0 Å². The first-order valence-electron chi connectivity index (χ1n) is 11.1. The molecule has 0 aliphatic carbocycles. The zero-order valence-electron chi connectivity index (χ0n) is 18.1. The first kappa shape index (κ1) is 19.4. The second-order valence-electron chi connectivity index (χ2n) is 8.68. The van der Waals surface area contributed by atoms with Crippen LogP contribution in [-0.2, 0) is 17.8 Å². The topological polar surface area (TPSA) is 74.4 Å². The number of rotatable bonds is 2. The van der Waals surface area contributed by atoms with Crippen LogP contribution in [0, 0.1) is 0 Å². The van der Waals surface area contributed by atoms with Crippen LogP contribution < -0.4 is 0 Å². The van der Waals surface area contributed by atoms with E-state index in [9.17, 15) is 4.79 Å². The molecule has 2 aromatic carbocycles. The van der Waals surface area contributed by atoms with Crippen molar-refractivity contribution >= 4 is 27.7 Å². The Morgan fingerprint density at radius 3 is 2.66 bits per heavy atom. The number of likely N-dealkylation sites (N-methyl/N-ethyl adjacent to an activating group) is 1. The minimum atomic E-state index is 0.101. The normalized spacial score (nSPS) is 17.1. The molecule has 0 atom stereocenters. The predicted octanol–water partition coefficient (Wildman–Crippen LogP) is 3.24. The lowest BCUT2D eigenvalue weighted by Gasteiger charge is -2.32. The van der Waals surface area contributed by atoms with E-state index in [1.807, 2.05) is 41.4 Å². The fourth-order valence-corrected chi connectivity index (χ4v) is 4.88. The van der Waals surface area contributed by atoms with E-state index in [0.717, 1.165) is 71.4 Å². The Balaban J connectivity index is 1.40. The van der Waals surface area contributed by atoms with Crippen LogP contribution in [0.25, 0.3) is 33.1 Å². The number of aromatic nitrogens is 3. The number of carbonyl (C=O) groups excluding carboxylic acids is 1. The number of H-pyrrole nitrogens is 1. The van der Waals surface area contributed by atoms with Crippen molar-refractivity contribution in [1.82, 2.24) is 25.0 Å². The summed E-state index contributed by atoms with van der Waals surface area (Å²) in [6.45, 7) is 4.64. The van der Waals surface area contributed by atoms with Gasteiger partial charge in [0.1, 0.15) is 0 Å². The van der Waals surface area contributed by atoms with E-state index in [2.05, 4.69) is 28.2 Å². The van der Waals surface area contributed by atoms with Gasteiger partial charge in [-0.2, -0.15) is 5.10 Å². The SMILES string of the molecule is CN1CCN(C(=O)c2ccc(-c3nc4ccc5[nH]ncc5c4c4c3COCC4)cc2)CC1. The number of nitrogens with one attached hydrogen (secondary N) is 1. The summed E-state index contributed by atoms with van der Waals surface area (Å²) < 4.78 is 5.82. The van der Waals surface area contributed by atoms with Crippen LogP contribution in [0.4, 0.5) is 0 Å². The molecule has 7 heteroatoms. The highest BCUT2D eigenvalue weighted by Crippen LogP contribution is 2.36. The number of fused-ring (bicyclic) bond motifs is 5. The number of hydrogen-bond acceptors (Lipinski definition) is 5. The fourth-order valence-electron chi connectivity index (χ4n) is 4.88.